The van der Waals surface area contributed by atoms with Crippen molar-refractivity contribution < 1.29 is 0 Å². The molecule has 3 aromatic heterocycles. The van der Waals surface area contributed by atoms with Gasteiger partial charge in [0.25, 0.3) is 0 Å². The third kappa shape index (κ3) is 1.84. The van der Waals surface area contributed by atoms with E-state index in [1.807, 2.05) is 26.2 Å². The van der Waals surface area contributed by atoms with Crippen molar-refractivity contribution in [3.8, 4) is 0 Å². The summed E-state index contributed by atoms with van der Waals surface area (Å²) in [4.78, 5) is 8.70. The monoisotopic (exact) mass is 262 g/mol. The Labute approximate surface area is 108 Å². The largest absolute Gasteiger partial charge is 0.265 e. The first kappa shape index (κ1) is 11.2. The van der Waals surface area contributed by atoms with Crippen LogP contribution in [0.3, 0.4) is 0 Å². The van der Waals surface area contributed by atoms with E-state index in [4.69, 9.17) is 11.6 Å². The van der Waals surface area contributed by atoms with Crippen molar-refractivity contribution in [2.75, 3.05) is 0 Å². The molecule has 92 valence electrons. The lowest BCUT2D eigenvalue weighted by Crippen LogP contribution is -2.06. The van der Waals surface area contributed by atoms with Crippen molar-refractivity contribution in [1.29, 1.82) is 0 Å². The first-order valence-corrected chi connectivity index (χ1v) is 5.85. The highest BCUT2D eigenvalue weighted by molar-refractivity contribution is 6.33. The minimum absolute atomic E-state index is 0.423. The second-order valence-electron chi connectivity index (χ2n) is 4.09. The minimum Gasteiger partial charge on any atom is -0.265 e. The van der Waals surface area contributed by atoms with E-state index in [1.54, 1.807) is 15.6 Å². The van der Waals surface area contributed by atoms with Gasteiger partial charge in [-0.2, -0.15) is 10.2 Å². The molecular formula is C11H11ClN6. The minimum atomic E-state index is 0.423. The zero-order valence-electron chi connectivity index (χ0n) is 10.0. The fourth-order valence-corrected chi connectivity index (χ4v) is 2.03. The number of rotatable bonds is 2. The van der Waals surface area contributed by atoms with Crippen LogP contribution in [0, 0.1) is 6.92 Å². The molecule has 0 fully saturated rings. The van der Waals surface area contributed by atoms with E-state index in [-0.39, 0.29) is 0 Å². The summed E-state index contributed by atoms with van der Waals surface area (Å²) in [5.41, 5.74) is 1.69. The number of hydrogen-bond acceptors (Lipinski definition) is 4. The van der Waals surface area contributed by atoms with Gasteiger partial charge in [0, 0.05) is 13.2 Å². The van der Waals surface area contributed by atoms with Gasteiger partial charge in [0.15, 0.2) is 11.5 Å². The average Bonchev–Trinajstić information content (AvgIpc) is 2.87. The molecule has 0 unspecified atom stereocenters. The lowest BCUT2D eigenvalue weighted by Gasteiger charge is -2.02. The Bertz CT molecular complexity index is 713. The molecule has 0 aliphatic heterocycles. The maximum absolute atomic E-state index is 6.11. The molecule has 6 nitrogen and oxygen atoms in total. The van der Waals surface area contributed by atoms with Gasteiger partial charge in [-0.1, -0.05) is 11.6 Å². The Balaban J connectivity index is 2.04. The summed E-state index contributed by atoms with van der Waals surface area (Å²) in [5, 5.41) is 9.60. The van der Waals surface area contributed by atoms with E-state index in [0.717, 1.165) is 16.7 Å². The van der Waals surface area contributed by atoms with Crippen molar-refractivity contribution in [3.63, 3.8) is 0 Å². The van der Waals surface area contributed by atoms with Gasteiger partial charge in [0.1, 0.15) is 11.7 Å². The molecule has 3 heterocycles. The van der Waals surface area contributed by atoms with Crippen LogP contribution in [0.4, 0.5) is 0 Å². The first-order chi connectivity index (χ1) is 8.63. The SMILES string of the molecule is Cc1ccn(Cc2nc(Cl)c3cnn(C)c3n2)n1. The summed E-state index contributed by atoms with van der Waals surface area (Å²) in [5.74, 6) is 0.624. The fraction of sp³-hybridized carbons (Fsp3) is 0.273. The molecule has 0 saturated carbocycles. The van der Waals surface area contributed by atoms with E-state index in [0.29, 0.717) is 17.5 Å². The standard InChI is InChI=1S/C11H11ClN6/c1-7-3-4-18(16-7)6-9-14-10(12)8-5-13-17(2)11(8)15-9/h3-5H,6H2,1-2H3. The molecule has 0 N–H and O–H groups in total. The number of nitrogens with zero attached hydrogens (tertiary/aromatic N) is 6. The first-order valence-electron chi connectivity index (χ1n) is 5.47. The fourth-order valence-electron chi connectivity index (χ4n) is 1.80. The lowest BCUT2D eigenvalue weighted by atomic mass is 10.4. The molecule has 3 rings (SSSR count). The topological polar surface area (TPSA) is 61.4 Å². The molecule has 18 heavy (non-hydrogen) atoms. The van der Waals surface area contributed by atoms with Crippen molar-refractivity contribution in [2.45, 2.75) is 13.5 Å². The number of aromatic nitrogens is 6. The van der Waals surface area contributed by atoms with Crippen molar-refractivity contribution in [1.82, 2.24) is 29.5 Å². The smallest absolute Gasteiger partial charge is 0.162 e. The molecule has 0 bridgehead atoms. The molecule has 0 aliphatic rings. The summed E-state index contributed by atoms with van der Waals surface area (Å²) < 4.78 is 3.46. The summed E-state index contributed by atoms with van der Waals surface area (Å²) >= 11 is 6.11. The number of hydrogen-bond donors (Lipinski definition) is 0. The van der Waals surface area contributed by atoms with E-state index in [1.165, 1.54) is 0 Å². The van der Waals surface area contributed by atoms with Crippen LogP contribution in [0.1, 0.15) is 11.5 Å². The Hall–Kier alpha value is -1.95. The van der Waals surface area contributed by atoms with Crippen molar-refractivity contribution >= 4 is 22.6 Å². The average molecular weight is 263 g/mol. The van der Waals surface area contributed by atoms with E-state index in [2.05, 4.69) is 20.2 Å². The third-order valence-corrected chi connectivity index (χ3v) is 2.96. The van der Waals surface area contributed by atoms with Crippen LogP contribution in [-0.2, 0) is 13.6 Å². The van der Waals surface area contributed by atoms with Crippen LogP contribution in [-0.4, -0.2) is 29.5 Å². The summed E-state index contributed by atoms with van der Waals surface area (Å²) in [6, 6.07) is 1.93. The molecular weight excluding hydrogens is 252 g/mol. The number of aryl methyl sites for hydroxylation is 2. The van der Waals surface area contributed by atoms with Gasteiger partial charge in [-0.3, -0.25) is 9.36 Å². The Morgan fingerprint density at radius 1 is 1.33 bits per heavy atom. The van der Waals surface area contributed by atoms with Crippen LogP contribution in [0.25, 0.3) is 11.0 Å². The maximum Gasteiger partial charge on any atom is 0.162 e. The van der Waals surface area contributed by atoms with E-state index >= 15 is 0 Å². The summed E-state index contributed by atoms with van der Waals surface area (Å²) in [6.45, 7) is 2.43. The predicted molar refractivity (Wildman–Crippen MR) is 67.4 cm³/mol. The van der Waals surface area contributed by atoms with Gasteiger partial charge in [-0.15, -0.1) is 0 Å². The van der Waals surface area contributed by atoms with Crippen molar-refractivity contribution in [2.24, 2.45) is 7.05 Å². The van der Waals surface area contributed by atoms with Crippen LogP contribution in [0.5, 0.6) is 0 Å². The zero-order chi connectivity index (χ0) is 12.7. The van der Waals surface area contributed by atoms with Gasteiger partial charge in [0.05, 0.1) is 17.3 Å². The second kappa shape index (κ2) is 4.06. The quantitative estimate of drug-likeness (QED) is 0.658. The van der Waals surface area contributed by atoms with Crippen LogP contribution >= 0.6 is 11.6 Å². The molecule has 0 amide bonds. The summed E-state index contributed by atoms with van der Waals surface area (Å²) in [7, 11) is 1.83. The molecule has 0 saturated heterocycles. The molecule has 7 heteroatoms. The molecule has 0 aliphatic carbocycles. The molecule has 0 aromatic carbocycles. The van der Waals surface area contributed by atoms with Gasteiger partial charge >= 0.3 is 0 Å². The number of fused-ring (bicyclic) bond motifs is 1. The highest BCUT2D eigenvalue weighted by Gasteiger charge is 2.10. The van der Waals surface area contributed by atoms with E-state index < -0.39 is 0 Å². The van der Waals surface area contributed by atoms with Crippen LogP contribution in [0.2, 0.25) is 5.15 Å². The Morgan fingerprint density at radius 3 is 2.89 bits per heavy atom. The normalized spacial score (nSPS) is 11.3. The highest BCUT2D eigenvalue weighted by atomic mass is 35.5. The Kier molecular flexibility index (Phi) is 2.52. The molecule has 0 spiro atoms. The number of halogens is 1. The zero-order valence-corrected chi connectivity index (χ0v) is 10.8. The van der Waals surface area contributed by atoms with Crippen LogP contribution in [0.15, 0.2) is 18.5 Å². The highest BCUT2D eigenvalue weighted by Crippen LogP contribution is 2.19. The molecule has 0 atom stereocenters. The predicted octanol–water partition coefficient (Wildman–Crippen LogP) is 1.57. The van der Waals surface area contributed by atoms with Gasteiger partial charge in [-0.25, -0.2) is 9.97 Å². The van der Waals surface area contributed by atoms with Gasteiger partial charge < -0.3 is 0 Å². The molecule has 0 radical (unpaired) electrons. The van der Waals surface area contributed by atoms with Crippen molar-refractivity contribution in [3.05, 3.63) is 35.1 Å². The van der Waals surface area contributed by atoms with Gasteiger partial charge in [0.2, 0.25) is 0 Å². The van der Waals surface area contributed by atoms with E-state index in [9.17, 15) is 0 Å². The lowest BCUT2D eigenvalue weighted by molar-refractivity contribution is 0.649. The Morgan fingerprint density at radius 2 is 2.17 bits per heavy atom. The maximum atomic E-state index is 6.11. The van der Waals surface area contributed by atoms with Crippen LogP contribution < -0.4 is 0 Å². The third-order valence-electron chi connectivity index (χ3n) is 2.67. The molecule has 3 aromatic rings. The summed E-state index contributed by atoms with van der Waals surface area (Å²) in [6.07, 6.45) is 3.56. The van der Waals surface area contributed by atoms with Gasteiger partial charge in [-0.05, 0) is 13.0 Å². The second-order valence-corrected chi connectivity index (χ2v) is 4.45.